The van der Waals surface area contributed by atoms with E-state index in [0.29, 0.717) is 6.61 Å². The lowest BCUT2D eigenvalue weighted by molar-refractivity contribution is 0.181. The Morgan fingerprint density at radius 1 is 1.35 bits per heavy atom. The lowest BCUT2D eigenvalue weighted by Gasteiger charge is -2.21. The zero-order valence-corrected chi connectivity index (χ0v) is 14.1. The summed E-state index contributed by atoms with van der Waals surface area (Å²) >= 11 is 1.22. The second-order valence-electron chi connectivity index (χ2n) is 5.05. The Kier molecular flexibility index (Phi) is 6.81. The fourth-order valence-electron chi connectivity index (χ4n) is 2.04. The third kappa shape index (κ3) is 6.24. The van der Waals surface area contributed by atoms with E-state index in [-0.39, 0.29) is 5.30 Å². The fraction of sp³-hybridized carbons (Fsp3) is 0.278. The third-order valence-corrected chi connectivity index (χ3v) is 4.04. The van der Waals surface area contributed by atoms with Gasteiger partial charge in [-0.15, -0.1) is 0 Å². The number of carbonyl (C=O) groups is 1. The summed E-state index contributed by atoms with van der Waals surface area (Å²) in [6, 6.07) is 7.79. The van der Waals surface area contributed by atoms with Crippen LogP contribution in [0.3, 0.4) is 0 Å². The van der Waals surface area contributed by atoms with Crippen LogP contribution in [-0.2, 0) is 4.74 Å². The molecular formula is C18H22N2O2S. The topological polar surface area (TPSA) is 55.6 Å². The van der Waals surface area contributed by atoms with E-state index >= 15 is 0 Å². The van der Waals surface area contributed by atoms with Crippen LogP contribution in [-0.4, -0.2) is 35.7 Å². The van der Waals surface area contributed by atoms with Crippen molar-refractivity contribution in [2.24, 2.45) is 0 Å². The van der Waals surface area contributed by atoms with Gasteiger partial charge in [-0.1, -0.05) is 30.4 Å². The number of ether oxygens (including phenoxy) is 1. The van der Waals surface area contributed by atoms with E-state index in [0.717, 1.165) is 30.1 Å². The first-order valence-electron chi connectivity index (χ1n) is 7.63. The predicted octanol–water partition coefficient (Wildman–Crippen LogP) is 3.93. The van der Waals surface area contributed by atoms with Gasteiger partial charge in [0.1, 0.15) is 0 Å². The Balaban J connectivity index is 1.74. The molecule has 0 aliphatic carbocycles. The first kappa shape index (κ1) is 17.2. The summed E-state index contributed by atoms with van der Waals surface area (Å²) in [4.78, 5) is 13.4. The van der Waals surface area contributed by atoms with Crippen LogP contribution in [0.2, 0.25) is 0 Å². The maximum absolute atomic E-state index is 11.3. The maximum atomic E-state index is 11.3. The van der Waals surface area contributed by atoms with E-state index < -0.39 is 0 Å². The van der Waals surface area contributed by atoms with Crippen molar-refractivity contribution in [2.45, 2.75) is 6.92 Å². The van der Waals surface area contributed by atoms with Crippen LogP contribution in [0.15, 0.2) is 54.3 Å². The second kappa shape index (κ2) is 9.10. The average molecular weight is 330 g/mol. The first-order valence-corrected chi connectivity index (χ1v) is 8.61. The number of hydrogen-bond donors (Lipinski definition) is 1. The van der Waals surface area contributed by atoms with Gasteiger partial charge in [-0.25, -0.2) is 4.79 Å². The Bertz CT molecular complexity index is 606. The SMILES string of the molecule is CCOC(=O)SCCN1C=CC(/C=C/c2ccc(N)cc2)=CC1. The van der Waals surface area contributed by atoms with Crippen molar-refractivity contribution in [1.82, 2.24) is 4.90 Å². The highest BCUT2D eigenvalue weighted by Crippen LogP contribution is 2.13. The van der Waals surface area contributed by atoms with Gasteiger partial charge in [0.05, 0.1) is 6.61 Å². The van der Waals surface area contributed by atoms with Gasteiger partial charge in [-0.05, 0) is 54.2 Å². The van der Waals surface area contributed by atoms with Gasteiger partial charge in [-0.3, -0.25) is 0 Å². The van der Waals surface area contributed by atoms with Gasteiger partial charge in [0.2, 0.25) is 0 Å². The molecule has 4 nitrogen and oxygen atoms in total. The average Bonchev–Trinajstić information content (AvgIpc) is 2.56. The fourth-order valence-corrected chi connectivity index (χ4v) is 2.73. The summed E-state index contributed by atoms with van der Waals surface area (Å²) in [6.07, 6.45) is 10.5. The van der Waals surface area contributed by atoms with E-state index in [4.69, 9.17) is 10.5 Å². The number of nitrogens with two attached hydrogens (primary N) is 1. The van der Waals surface area contributed by atoms with Crippen LogP contribution >= 0.6 is 11.8 Å². The normalized spacial score (nSPS) is 14.1. The minimum Gasteiger partial charge on any atom is -0.458 e. The molecule has 0 bridgehead atoms. The van der Waals surface area contributed by atoms with Crippen LogP contribution in [0.1, 0.15) is 12.5 Å². The number of benzene rings is 1. The van der Waals surface area contributed by atoms with E-state index in [9.17, 15) is 4.79 Å². The number of anilines is 1. The van der Waals surface area contributed by atoms with Crippen LogP contribution < -0.4 is 5.73 Å². The molecule has 0 radical (unpaired) electrons. The Hall–Kier alpha value is -2.14. The van der Waals surface area contributed by atoms with Gasteiger partial charge in [0.25, 0.3) is 0 Å². The maximum Gasteiger partial charge on any atom is 0.367 e. The molecule has 122 valence electrons. The lowest BCUT2D eigenvalue weighted by atomic mass is 10.1. The van der Waals surface area contributed by atoms with Crippen molar-refractivity contribution in [2.75, 3.05) is 31.2 Å². The molecule has 23 heavy (non-hydrogen) atoms. The molecule has 0 saturated carbocycles. The summed E-state index contributed by atoms with van der Waals surface area (Å²) in [5, 5.41) is -0.198. The standard InChI is InChI=1S/C18H22N2O2S/c1-2-22-18(21)23-14-13-20-11-9-16(10-12-20)4-3-15-5-7-17(19)8-6-15/h3-11H,2,12-14,19H2,1H3/b4-3+. The molecule has 1 aromatic rings. The molecule has 0 spiro atoms. The molecule has 1 aliphatic heterocycles. The smallest absolute Gasteiger partial charge is 0.367 e. The number of carbonyl (C=O) groups excluding carboxylic acids is 1. The van der Waals surface area contributed by atoms with Gasteiger partial charge < -0.3 is 15.4 Å². The zero-order valence-electron chi connectivity index (χ0n) is 13.3. The van der Waals surface area contributed by atoms with Gasteiger partial charge in [0.15, 0.2) is 0 Å². The molecule has 2 N–H and O–H groups in total. The van der Waals surface area contributed by atoms with Gasteiger partial charge in [-0.2, -0.15) is 0 Å². The van der Waals surface area contributed by atoms with Crippen molar-refractivity contribution < 1.29 is 9.53 Å². The summed E-state index contributed by atoms with van der Waals surface area (Å²) in [7, 11) is 0. The molecular weight excluding hydrogens is 308 g/mol. The van der Waals surface area contributed by atoms with E-state index in [1.165, 1.54) is 17.3 Å². The highest BCUT2D eigenvalue weighted by atomic mass is 32.2. The summed E-state index contributed by atoms with van der Waals surface area (Å²) in [5.41, 5.74) is 8.75. The molecule has 0 aromatic heterocycles. The van der Waals surface area contributed by atoms with Crippen LogP contribution in [0, 0.1) is 0 Å². The van der Waals surface area contributed by atoms with Crippen LogP contribution in [0.25, 0.3) is 6.08 Å². The first-order chi connectivity index (χ1) is 11.2. The summed E-state index contributed by atoms with van der Waals surface area (Å²) < 4.78 is 4.89. The molecule has 1 aliphatic rings. The molecule has 5 heteroatoms. The van der Waals surface area contributed by atoms with Crippen LogP contribution in [0.4, 0.5) is 10.5 Å². The van der Waals surface area contributed by atoms with Crippen molar-refractivity contribution in [3.63, 3.8) is 0 Å². The number of nitrogen functional groups attached to an aromatic ring is 1. The molecule has 0 saturated heterocycles. The number of allylic oxidation sites excluding steroid dienone is 3. The molecule has 2 rings (SSSR count). The number of hydrogen-bond acceptors (Lipinski definition) is 5. The monoisotopic (exact) mass is 330 g/mol. The van der Waals surface area contributed by atoms with Crippen molar-refractivity contribution in [1.29, 1.82) is 0 Å². The Morgan fingerprint density at radius 2 is 2.13 bits per heavy atom. The van der Waals surface area contributed by atoms with E-state index in [2.05, 4.69) is 35.4 Å². The van der Waals surface area contributed by atoms with Crippen molar-refractivity contribution in [3.8, 4) is 0 Å². The molecule has 0 atom stereocenters. The Labute approximate surface area is 141 Å². The van der Waals surface area contributed by atoms with Gasteiger partial charge in [0, 0.05) is 24.5 Å². The van der Waals surface area contributed by atoms with Crippen molar-refractivity contribution in [3.05, 3.63) is 59.8 Å². The number of rotatable bonds is 6. The lowest BCUT2D eigenvalue weighted by Crippen LogP contribution is -2.22. The summed E-state index contributed by atoms with van der Waals surface area (Å²) in [6.45, 7) is 3.92. The molecule has 1 aromatic carbocycles. The summed E-state index contributed by atoms with van der Waals surface area (Å²) in [5.74, 6) is 0.730. The highest BCUT2D eigenvalue weighted by molar-refractivity contribution is 8.13. The molecule has 0 unspecified atom stereocenters. The quantitative estimate of drug-likeness (QED) is 0.633. The van der Waals surface area contributed by atoms with E-state index in [1.54, 1.807) is 0 Å². The number of nitrogens with zero attached hydrogens (tertiary/aromatic N) is 1. The van der Waals surface area contributed by atoms with Crippen molar-refractivity contribution >= 4 is 28.8 Å². The largest absolute Gasteiger partial charge is 0.458 e. The zero-order chi connectivity index (χ0) is 16.5. The molecule has 0 fully saturated rings. The molecule has 1 heterocycles. The third-order valence-electron chi connectivity index (χ3n) is 3.30. The Morgan fingerprint density at radius 3 is 2.78 bits per heavy atom. The van der Waals surface area contributed by atoms with Gasteiger partial charge >= 0.3 is 5.30 Å². The minimum atomic E-state index is -0.198. The van der Waals surface area contributed by atoms with Crippen LogP contribution in [0.5, 0.6) is 0 Å². The minimum absolute atomic E-state index is 0.198. The number of thioether (sulfide) groups is 1. The second-order valence-corrected chi connectivity index (χ2v) is 6.08. The highest BCUT2D eigenvalue weighted by Gasteiger charge is 2.06. The molecule has 0 amide bonds. The van der Waals surface area contributed by atoms with E-state index in [1.807, 2.05) is 31.2 Å². The predicted molar refractivity (Wildman–Crippen MR) is 98.2 cm³/mol.